The molecule has 0 unspecified atom stereocenters. The van der Waals surface area contributed by atoms with E-state index >= 15 is 0 Å². The van der Waals surface area contributed by atoms with E-state index in [1.807, 2.05) is 24.3 Å². The second-order valence-electron chi connectivity index (χ2n) is 11.5. The molecule has 0 saturated heterocycles. The molecule has 0 amide bonds. The predicted molar refractivity (Wildman–Crippen MR) is 175 cm³/mol. The molecule has 0 fully saturated rings. The average Bonchev–Trinajstić information content (AvgIpc) is 3.00. The number of aryl methyl sites for hydroxylation is 4. The molecular formula is C36H42N6O2. The van der Waals surface area contributed by atoms with Gasteiger partial charge in [-0.25, -0.2) is 15.0 Å². The van der Waals surface area contributed by atoms with Crippen molar-refractivity contribution < 1.29 is 9.84 Å². The number of hydrogen-bond donors (Lipinski definition) is 1. The van der Waals surface area contributed by atoms with Crippen molar-refractivity contribution in [1.29, 1.82) is 0 Å². The Morgan fingerprint density at radius 2 is 1.20 bits per heavy atom. The number of phenolic OH excluding ortho intramolecular Hbond substituents is 1. The second kappa shape index (κ2) is 15.7. The number of rotatable bonds is 10. The first-order valence-corrected chi connectivity index (χ1v) is 15.2. The van der Waals surface area contributed by atoms with Crippen LogP contribution in [-0.4, -0.2) is 42.1 Å². The normalized spacial score (nSPS) is 10.8. The van der Waals surface area contributed by atoms with Gasteiger partial charge in [-0.3, -0.25) is 0 Å². The van der Waals surface area contributed by atoms with Crippen LogP contribution in [0.3, 0.4) is 0 Å². The van der Waals surface area contributed by atoms with E-state index in [1.54, 1.807) is 24.5 Å². The van der Waals surface area contributed by atoms with Crippen molar-refractivity contribution in [3.8, 4) is 45.7 Å². The highest BCUT2D eigenvalue weighted by molar-refractivity contribution is 5.72. The molecule has 3 aromatic carbocycles. The smallest absolute Gasteiger partial charge is 0.167 e. The molecule has 0 radical (unpaired) electrons. The molecule has 0 aliphatic heterocycles. The van der Waals surface area contributed by atoms with Crippen molar-refractivity contribution in [2.45, 2.75) is 67.2 Å². The van der Waals surface area contributed by atoms with Crippen LogP contribution in [0.4, 0.5) is 0 Å². The van der Waals surface area contributed by atoms with Crippen molar-refractivity contribution in [1.82, 2.24) is 30.4 Å². The zero-order chi connectivity index (χ0) is 31.5. The molecule has 0 aliphatic carbocycles. The van der Waals surface area contributed by atoms with E-state index in [0.717, 1.165) is 41.0 Å². The monoisotopic (exact) mass is 590 g/mol. The fourth-order valence-electron chi connectivity index (χ4n) is 4.88. The van der Waals surface area contributed by atoms with Crippen LogP contribution < -0.4 is 4.74 Å². The molecule has 228 valence electrons. The molecule has 2 heterocycles. The summed E-state index contributed by atoms with van der Waals surface area (Å²) >= 11 is 0. The number of hydrogen-bond acceptors (Lipinski definition) is 8. The Morgan fingerprint density at radius 3 is 1.66 bits per heavy atom. The first-order chi connectivity index (χ1) is 21.2. The van der Waals surface area contributed by atoms with Crippen LogP contribution in [0.5, 0.6) is 11.5 Å². The number of nitrogens with zero attached hydrogens (tertiary/aromatic N) is 6. The van der Waals surface area contributed by atoms with Gasteiger partial charge in [0.15, 0.2) is 17.5 Å². The summed E-state index contributed by atoms with van der Waals surface area (Å²) in [6, 6.07) is 19.6. The number of ether oxygens (including phenoxy) is 1. The molecule has 8 nitrogen and oxygen atoms in total. The number of aromatic hydroxyl groups is 1. The molecule has 0 saturated carbocycles. The molecule has 1 N–H and O–H groups in total. The van der Waals surface area contributed by atoms with Crippen molar-refractivity contribution in [3.05, 3.63) is 95.3 Å². The van der Waals surface area contributed by atoms with Crippen LogP contribution >= 0.6 is 0 Å². The van der Waals surface area contributed by atoms with E-state index in [2.05, 4.69) is 81.2 Å². The molecule has 5 aromatic rings. The highest BCUT2D eigenvalue weighted by atomic mass is 16.5. The highest BCUT2D eigenvalue weighted by Crippen LogP contribution is 2.34. The lowest BCUT2D eigenvalue weighted by Gasteiger charge is -2.13. The zero-order valence-corrected chi connectivity index (χ0v) is 26.6. The quantitative estimate of drug-likeness (QED) is 0.162. The summed E-state index contributed by atoms with van der Waals surface area (Å²) in [6.45, 7) is 13.4. The van der Waals surface area contributed by atoms with Crippen molar-refractivity contribution in [2.75, 3.05) is 6.61 Å². The van der Waals surface area contributed by atoms with E-state index in [0.29, 0.717) is 35.4 Å². The van der Waals surface area contributed by atoms with E-state index in [1.165, 1.54) is 24.0 Å². The minimum Gasteiger partial charge on any atom is -0.507 e. The first kappa shape index (κ1) is 32.2. The maximum absolute atomic E-state index is 11.0. The lowest BCUT2D eigenvalue weighted by atomic mass is 10.0. The van der Waals surface area contributed by atoms with Crippen LogP contribution in [0.15, 0.2) is 73.1 Å². The summed E-state index contributed by atoms with van der Waals surface area (Å²) in [6.07, 6.45) is 7.77. The number of unbranched alkanes of at least 4 members (excludes halogenated alkanes) is 2. The Hall–Kier alpha value is -4.72. The van der Waals surface area contributed by atoms with Gasteiger partial charge in [-0.15, -0.1) is 10.2 Å². The molecule has 0 bridgehead atoms. The first-order valence-electron chi connectivity index (χ1n) is 15.2. The number of benzene rings is 3. The van der Waals surface area contributed by atoms with E-state index in [-0.39, 0.29) is 5.75 Å². The van der Waals surface area contributed by atoms with Crippen LogP contribution in [0, 0.1) is 33.6 Å². The highest BCUT2D eigenvalue weighted by Gasteiger charge is 2.17. The molecule has 8 heteroatoms. The largest absolute Gasteiger partial charge is 0.507 e. The van der Waals surface area contributed by atoms with Crippen molar-refractivity contribution in [3.63, 3.8) is 0 Å². The van der Waals surface area contributed by atoms with Crippen LogP contribution in [-0.2, 0) is 0 Å². The van der Waals surface area contributed by atoms with Gasteiger partial charge in [-0.1, -0.05) is 80.6 Å². The van der Waals surface area contributed by atoms with Crippen molar-refractivity contribution >= 4 is 0 Å². The van der Waals surface area contributed by atoms with Crippen LogP contribution in [0.25, 0.3) is 34.2 Å². The summed E-state index contributed by atoms with van der Waals surface area (Å²) < 4.78 is 5.91. The van der Waals surface area contributed by atoms with Gasteiger partial charge in [-0.2, -0.15) is 0 Å². The minimum absolute atomic E-state index is 0.0895. The van der Waals surface area contributed by atoms with Crippen molar-refractivity contribution in [2.24, 2.45) is 5.92 Å². The second-order valence-corrected chi connectivity index (χ2v) is 11.5. The molecular weight excluding hydrogens is 548 g/mol. The third-order valence-electron chi connectivity index (χ3n) is 7.19. The fraction of sp³-hybridized carbons (Fsp3) is 0.333. The minimum atomic E-state index is 0.0895. The maximum Gasteiger partial charge on any atom is 0.167 e. The summed E-state index contributed by atoms with van der Waals surface area (Å²) in [5.74, 6) is 3.08. The Labute approximate surface area is 260 Å². The average molecular weight is 591 g/mol. The Balaban J connectivity index is 0.000000657. The molecule has 5 rings (SSSR count). The maximum atomic E-state index is 11.0. The van der Waals surface area contributed by atoms with Gasteiger partial charge >= 0.3 is 0 Å². The molecule has 2 aromatic heterocycles. The van der Waals surface area contributed by atoms with Gasteiger partial charge in [0.1, 0.15) is 11.5 Å². The Bertz CT molecular complexity index is 1560. The van der Waals surface area contributed by atoms with Crippen LogP contribution in [0.1, 0.15) is 61.8 Å². The van der Waals surface area contributed by atoms with E-state index in [9.17, 15) is 5.11 Å². The predicted octanol–water partition coefficient (Wildman–Crippen LogP) is 8.28. The summed E-state index contributed by atoms with van der Waals surface area (Å²) in [4.78, 5) is 14.5. The molecule has 0 aliphatic rings. The fourth-order valence-corrected chi connectivity index (χ4v) is 4.88. The van der Waals surface area contributed by atoms with Crippen LogP contribution in [0.2, 0.25) is 0 Å². The lowest BCUT2D eigenvalue weighted by Crippen LogP contribution is -2.02. The third-order valence-corrected chi connectivity index (χ3v) is 7.19. The van der Waals surface area contributed by atoms with Gasteiger partial charge in [0.2, 0.25) is 0 Å². The zero-order valence-electron chi connectivity index (χ0n) is 26.6. The molecule has 0 atom stereocenters. The van der Waals surface area contributed by atoms with Gasteiger partial charge in [0.25, 0.3) is 0 Å². The van der Waals surface area contributed by atoms with Gasteiger partial charge in [-0.05, 0) is 74.6 Å². The summed E-state index contributed by atoms with van der Waals surface area (Å²) in [5, 5.41) is 21.1. The SMILES string of the molecule is Cc1ccc(-c2nc(-c3ccc(C)cc3C)nc(-c3ccc(OCCCCCC(C)C)cc3O)n2)c(C)c1.c1cnnnc1. The van der Waals surface area contributed by atoms with E-state index in [4.69, 9.17) is 19.7 Å². The third kappa shape index (κ3) is 9.14. The van der Waals surface area contributed by atoms with E-state index < -0.39 is 0 Å². The van der Waals surface area contributed by atoms with Gasteiger partial charge in [0.05, 0.1) is 24.6 Å². The number of phenols is 1. The molecule has 0 spiro atoms. The summed E-state index contributed by atoms with van der Waals surface area (Å²) in [5.41, 5.74) is 7.00. The van der Waals surface area contributed by atoms with Gasteiger partial charge in [0, 0.05) is 17.2 Å². The Kier molecular flexibility index (Phi) is 11.5. The number of aromatic nitrogens is 6. The summed E-state index contributed by atoms with van der Waals surface area (Å²) in [7, 11) is 0. The topological polar surface area (TPSA) is 107 Å². The van der Waals surface area contributed by atoms with Gasteiger partial charge < -0.3 is 9.84 Å². The molecule has 44 heavy (non-hydrogen) atoms. The Morgan fingerprint density at radius 1 is 0.659 bits per heavy atom. The standard InChI is InChI=1S/C33H39N3O2.C3H3N3/c1-21(2)10-8-7-9-17-38-26-13-16-29(30(37)20-26)33-35-31(27-14-11-22(3)18-24(27)5)34-32(36-33)28-15-12-23(4)19-25(28)6;1-2-4-6-5-3-1/h11-16,18-21,37H,7-10,17H2,1-6H3;1-3H. The lowest BCUT2D eigenvalue weighted by molar-refractivity contribution is 0.301.